The molecule has 1 N–H and O–H groups in total. The number of non-ortho nitro benzene ring substituents is 1. The molecule has 0 aliphatic heterocycles. The van der Waals surface area contributed by atoms with Gasteiger partial charge in [-0.2, -0.15) is 19.6 Å². The van der Waals surface area contributed by atoms with E-state index in [1.807, 2.05) is 13.8 Å². The van der Waals surface area contributed by atoms with Gasteiger partial charge >= 0.3 is 0 Å². The van der Waals surface area contributed by atoms with Crippen molar-refractivity contribution in [3.05, 3.63) is 46.1 Å². The Morgan fingerprint density at radius 1 is 1.27 bits per heavy atom. The lowest BCUT2D eigenvalue weighted by atomic mass is 10.1. The van der Waals surface area contributed by atoms with Crippen LogP contribution in [0.25, 0.3) is 5.65 Å². The fourth-order valence-corrected chi connectivity index (χ4v) is 2.86. The molecule has 0 radical (unpaired) electrons. The maximum atomic E-state index is 12.0. The minimum Gasteiger partial charge on any atom is -0.324 e. The highest BCUT2D eigenvalue weighted by Gasteiger charge is 2.20. The number of hydrogen-bond donors (Lipinski definition) is 1. The number of fused-ring (bicyclic) bond motifs is 1. The van der Waals surface area contributed by atoms with Gasteiger partial charge in [0.25, 0.3) is 10.8 Å². The fraction of sp³-hybridized carbons (Fsp3) is 0.267. The Balaban J connectivity index is 2.18. The van der Waals surface area contributed by atoms with Crippen molar-refractivity contribution in [2.24, 2.45) is 0 Å². The van der Waals surface area contributed by atoms with Crippen molar-refractivity contribution in [3.8, 4) is 0 Å². The normalized spacial score (nSPS) is 11.8. The maximum Gasteiger partial charge on any atom is 0.271 e. The van der Waals surface area contributed by atoms with Crippen molar-refractivity contribution >= 4 is 32.8 Å². The number of nitro groups is 1. The zero-order valence-electron chi connectivity index (χ0n) is 14.2. The van der Waals surface area contributed by atoms with Crippen molar-refractivity contribution in [2.75, 3.05) is 11.6 Å². The van der Waals surface area contributed by atoms with Gasteiger partial charge in [0.05, 0.1) is 11.1 Å². The minimum atomic E-state index is -3.66. The van der Waals surface area contributed by atoms with E-state index in [9.17, 15) is 18.5 Å². The number of nitrogens with one attached hydrogen (secondary N) is 1. The third-order valence-corrected chi connectivity index (χ3v) is 4.49. The number of nitro benzene ring substituents is 1. The number of anilines is 2. The van der Waals surface area contributed by atoms with E-state index in [1.165, 1.54) is 22.7 Å². The van der Waals surface area contributed by atoms with Crippen molar-refractivity contribution in [3.63, 3.8) is 0 Å². The van der Waals surface area contributed by atoms with Crippen LogP contribution in [0, 0.1) is 10.1 Å². The number of nitrogens with zero attached hydrogens (tertiary/aromatic N) is 5. The van der Waals surface area contributed by atoms with E-state index in [2.05, 4.69) is 20.4 Å². The van der Waals surface area contributed by atoms with E-state index in [1.54, 1.807) is 12.3 Å². The van der Waals surface area contributed by atoms with E-state index >= 15 is 0 Å². The highest BCUT2D eigenvalue weighted by Crippen LogP contribution is 2.25. The van der Waals surface area contributed by atoms with Gasteiger partial charge in [-0.25, -0.2) is 8.42 Å². The smallest absolute Gasteiger partial charge is 0.271 e. The second-order valence-electron chi connectivity index (χ2n) is 6.02. The first kappa shape index (κ1) is 17.7. The molecule has 3 aromatic rings. The molecule has 0 saturated carbocycles. The Hall–Kier alpha value is -3.08. The van der Waals surface area contributed by atoms with Gasteiger partial charge in [0.15, 0.2) is 5.65 Å². The largest absolute Gasteiger partial charge is 0.324 e. The van der Waals surface area contributed by atoms with E-state index in [4.69, 9.17) is 0 Å². The Kier molecular flexibility index (Phi) is 4.32. The number of benzene rings is 1. The van der Waals surface area contributed by atoms with E-state index < -0.39 is 14.8 Å². The molecule has 3 rings (SSSR count). The second-order valence-corrected chi connectivity index (χ2v) is 7.93. The van der Waals surface area contributed by atoms with Crippen LogP contribution in [-0.2, 0) is 9.84 Å². The molecular formula is C15H16N6O4S. The van der Waals surface area contributed by atoms with Gasteiger partial charge in [-0.3, -0.25) is 10.1 Å². The molecule has 0 aliphatic carbocycles. The van der Waals surface area contributed by atoms with E-state index in [0.29, 0.717) is 11.3 Å². The SMILES string of the molecule is CC(C)c1cnn2c(Nc3cccc([N+](=O)[O-])c3)nc(S(C)(=O)=O)nc12. The molecule has 0 atom stereocenters. The first-order chi connectivity index (χ1) is 12.2. The summed E-state index contributed by atoms with van der Waals surface area (Å²) in [5, 5.41) is 17.7. The van der Waals surface area contributed by atoms with Crippen LogP contribution in [0.3, 0.4) is 0 Å². The summed E-state index contributed by atoms with van der Waals surface area (Å²) in [6.07, 6.45) is 2.61. The predicted octanol–water partition coefficient (Wildman–Crippen LogP) is 2.30. The van der Waals surface area contributed by atoms with Crippen LogP contribution in [0.1, 0.15) is 25.3 Å². The van der Waals surface area contributed by atoms with E-state index in [0.717, 1.165) is 11.8 Å². The molecule has 0 bridgehead atoms. The molecule has 2 aromatic heterocycles. The monoisotopic (exact) mass is 376 g/mol. The van der Waals surface area contributed by atoms with Gasteiger partial charge in [-0.1, -0.05) is 19.9 Å². The Labute approximate surface area is 149 Å². The van der Waals surface area contributed by atoms with Crippen molar-refractivity contribution in [2.45, 2.75) is 24.9 Å². The van der Waals surface area contributed by atoms with Crippen molar-refractivity contribution in [1.29, 1.82) is 0 Å². The molecular weight excluding hydrogens is 360 g/mol. The van der Waals surface area contributed by atoms with Crippen molar-refractivity contribution < 1.29 is 13.3 Å². The summed E-state index contributed by atoms with van der Waals surface area (Å²) < 4.78 is 25.3. The van der Waals surface area contributed by atoms with Crippen LogP contribution in [-0.4, -0.2) is 39.2 Å². The lowest BCUT2D eigenvalue weighted by molar-refractivity contribution is -0.384. The second kappa shape index (κ2) is 6.33. The van der Waals surface area contributed by atoms with Gasteiger partial charge < -0.3 is 5.32 Å². The molecule has 2 heterocycles. The molecule has 0 spiro atoms. The lowest BCUT2D eigenvalue weighted by Crippen LogP contribution is -2.12. The third-order valence-electron chi connectivity index (χ3n) is 3.64. The van der Waals surface area contributed by atoms with Crippen molar-refractivity contribution in [1.82, 2.24) is 19.6 Å². The van der Waals surface area contributed by atoms with Gasteiger partial charge in [0, 0.05) is 29.6 Å². The fourth-order valence-electron chi connectivity index (χ4n) is 2.36. The summed E-state index contributed by atoms with van der Waals surface area (Å²) in [6, 6.07) is 5.79. The summed E-state index contributed by atoms with van der Waals surface area (Å²) in [5.41, 5.74) is 1.40. The van der Waals surface area contributed by atoms with Crippen LogP contribution in [0.2, 0.25) is 0 Å². The average molecular weight is 376 g/mol. The molecule has 10 nitrogen and oxygen atoms in total. The van der Waals surface area contributed by atoms with Crippen LogP contribution < -0.4 is 5.32 Å². The van der Waals surface area contributed by atoms with Gasteiger partial charge in [-0.05, 0) is 12.0 Å². The molecule has 11 heteroatoms. The van der Waals surface area contributed by atoms with Crippen LogP contribution in [0.4, 0.5) is 17.3 Å². The summed E-state index contributed by atoms with van der Waals surface area (Å²) in [4.78, 5) is 18.6. The molecule has 0 aliphatic rings. The van der Waals surface area contributed by atoms with Crippen LogP contribution >= 0.6 is 0 Å². The summed E-state index contributed by atoms with van der Waals surface area (Å²) in [6.45, 7) is 3.87. The molecule has 0 unspecified atom stereocenters. The maximum absolute atomic E-state index is 12.0. The molecule has 1 aromatic carbocycles. The summed E-state index contributed by atoms with van der Waals surface area (Å²) in [5.74, 6) is 0.170. The Bertz CT molecular complexity index is 1110. The molecule has 136 valence electrons. The highest BCUT2D eigenvalue weighted by atomic mass is 32.2. The Morgan fingerprint density at radius 3 is 2.62 bits per heavy atom. The summed E-state index contributed by atoms with van der Waals surface area (Å²) >= 11 is 0. The van der Waals surface area contributed by atoms with E-state index in [-0.39, 0.29) is 22.7 Å². The zero-order valence-corrected chi connectivity index (χ0v) is 15.1. The molecule has 0 amide bonds. The number of hydrogen-bond acceptors (Lipinski definition) is 8. The Morgan fingerprint density at radius 2 is 2.00 bits per heavy atom. The third kappa shape index (κ3) is 3.33. The highest BCUT2D eigenvalue weighted by molar-refractivity contribution is 7.90. The molecule has 0 saturated heterocycles. The molecule has 26 heavy (non-hydrogen) atoms. The first-order valence-electron chi connectivity index (χ1n) is 7.64. The number of aromatic nitrogens is 4. The zero-order chi connectivity index (χ0) is 19.1. The standard InChI is InChI=1S/C15H16N6O4S/c1-9(2)12-8-16-20-13(12)18-15(26(3,24)25)19-14(20)17-10-5-4-6-11(7-10)21(22)23/h4-9H,1-3H3,(H,17,18,19). The average Bonchev–Trinajstić information content (AvgIpc) is 2.98. The molecule has 0 fully saturated rings. The predicted molar refractivity (Wildman–Crippen MR) is 94.4 cm³/mol. The van der Waals surface area contributed by atoms with Gasteiger partial charge in [0.2, 0.25) is 15.8 Å². The van der Waals surface area contributed by atoms with Gasteiger partial charge in [0.1, 0.15) is 0 Å². The number of rotatable bonds is 5. The lowest BCUT2D eigenvalue weighted by Gasteiger charge is -2.10. The topological polar surface area (TPSA) is 132 Å². The minimum absolute atomic E-state index is 0.0699. The van der Waals surface area contributed by atoms with Crippen LogP contribution in [0.15, 0.2) is 35.6 Å². The quantitative estimate of drug-likeness (QED) is 0.530. The van der Waals surface area contributed by atoms with Crippen LogP contribution in [0.5, 0.6) is 0 Å². The number of sulfone groups is 1. The summed E-state index contributed by atoms with van der Waals surface area (Å²) in [7, 11) is -3.66. The first-order valence-corrected chi connectivity index (χ1v) is 9.53. The van der Waals surface area contributed by atoms with Gasteiger partial charge in [-0.15, -0.1) is 0 Å².